The Kier molecular flexibility index (Phi) is 4.19. The van der Waals surface area contributed by atoms with Crippen LogP contribution in [-0.2, 0) is 6.42 Å². The molecule has 3 aromatic rings. The zero-order valence-corrected chi connectivity index (χ0v) is 14.4. The summed E-state index contributed by atoms with van der Waals surface area (Å²) in [5, 5.41) is 27.7. The molecule has 27 heavy (non-hydrogen) atoms. The van der Waals surface area contributed by atoms with E-state index < -0.39 is 0 Å². The number of hydrogen-bond donors (Lipinski definition) is 1. The number of aromatic nitrogens is 4. The van der Waals surface area contributed by atoms with Crippen LogP contribution in [0.1, 0.15) is 35.6 Å². The van der Waals surface area contributed by atoms with Crippen LogP contribution in [0.3, 0.4) is 0 Å². The van der Waals surface area contributed by atoms with Gasteiger partial charge in [0, 0.05) is 29.4 Å². The molecule has 7 nitrogen and oxygen atoms in total. The summed E-state index contributed by atoms with van der Waals surface area (Å²) < 4.78 is 0. The van der Waals surface area contributed by atoms with Crippen molar-refractivity contribution in [2.24, 2.45) is 0 Å². The Hall–Kier alpha value is -3.84. The van der Waals surface area contributed by atoms with E-state index in [0.29, 0.717) is 45.9 Å². The van der Waals surface area contributed by atoms with Gasteiger partial charge in [-0.3, -0.25) is 4.85 Å². The molecule has 0 aliphatic heterocycles. The van der Waals surface area contributed by atoms with E-state index in [9.17, 15) is 5.21 Å². The quantitative estimate of drug-likeness (QED) is 0.704. The molecule has 1 aliphatic carbocycles. The van der Waals surface area contributed by atoms with Gasteiger partial charge < -0.3 is 10.5 Å². The van der Waals surface area contributed by atoms with Gasteiger partial charge in [-0.25, -0.2) is 9.97 Å². The number of nitrogens with zero attached hydrogens (tertiary/aromatic N) is 5. The van der Waals surface area contributed by atoms with Crippen LogP contribution in [0.25, 0.3) is 11.4 Å². The molecule has 2 aromatic heterocycles. The molecule has 0 spiro atoms. The first-order chi connectivity index (χ1) is 13.2. The van der Waals surface area contributed by atoms with Crippen LogP contribution in [0.5, 0.6) is 0 Å². The second-order valence-electron chi connectivity index (χ2n) is 6.36. The number of nitrogens with one attached hydrogen (secondary N) is 1. The number of terminal acetylenes is 1. The second-order valence-corrected chi connectivity index (χ2v) is 6.36. The van der Waals surface area contributed by atoms with Gasteiger partial charge in [0.15, 0.2) is 17.5 Å². The molecule has 0 saturated heterocycles. The molecule has 1 aromatic carbocycles. The van der Waals surface area contributed by atoms with Gasteiger partial charge in [-0.2, -0.15) is 10.4 Å². The molecule has 7 heteroatoms. The maximum Gasteiger partial charge on any atom is 0.161 e. The average molecular weight is 355 g/mol. The van der Waals surface area contributed by atoms with Crippen molar-refractivity contribution in [1.29, 1.82) is 5.26 Å². The molecule has 2 heterocycles. The maximum atomic E-state index is 11.9. The zero-order chi connectivity index (χ0) is 18.8. The highest BCUT2D eigenvalue weighted by atomic mass is 16.5. The van der Waals surface area contributed by atoms with Gasteiger partial charge in [-0.1, -0.05) is 30.2 Å². The van der Waals surface area contributed by atoms with Crippen LogP contribution in [0.4, 0.5) is 11.6 Å². The van der Waals surface area contributed by atoms with Gasteiger partial charge >= 0.3 is 0 Å². The SMILES string of the molecule is C#Cc1cnc(-c2ccc(CC#N)cc2)nc1Nc1cc(C2CC2)n([O-])n1. The van der Waals surface area contributed by atoms with E-state index in [1.807, 2.05) is 24.3 Å². The summed E-state index contributed by atoms with van der Waals surface area (Å²) in [6.07, 6.45) is 9.50. The van der Waals surface area contributed by atoms with Crippen molar-refractivity contribution in [3.05, 3.63) is 58.6 Å². The maximum absolute atomic E-state index is 11.9. The lowest BCUT2D eigenvalue weighted by atomic mass is 10.1. The number of rotatable bonds is 5. The molecule has 4 rings (SSSR count). The van der Waals surface area contributed by atoms with Gasteiger partial charge in [0.05, 0.1) is 18.1 Å². The lowest BCUT2D eigenvalue weighted by molar-refractivity contribution is 0.815. The normalized spacial score (nSPS) is 13.0. The average Bonchev–Trinajstić information content (AvgIpc) is 3.46. The van der Waals surface area contributed by atoms with Crippen molar-refractivity contribution < 1.29 is 0 Å². The highest BCUT2D eigenvalue weighted by Gasteiger charge is 2.26. The fourth-order valence-corrected chi connectivity index (χ4v) is 2.80. The van der Waals surface area contributed by atoms with Crippen LogP contribution >= 0.6 is 0 Å². The molecule has 1 fully saturated rings. The number of nitriles is 1. The van der Waals surface area contributed by atoms with Gasteiger partial charge in [0.2, 0.25) is 0 Å². The highest BCUT2D eigenvalue weighted by molar-refractivity contribution is 5.65. The first kappa shape index (κ1) is 16.6. The first-order valence-electron chi connectivity index (χ1n) is 8.52. The molecular formula is C20H15N6O-. The van der Waals surface area contributed by atoms with Crippen LogP contribution in [0.15, 0.2) is 36.5 Å². The summed E-state index contributed by atoms with van der Waals surface area (Å²) in [6.45, 7) is 0. The molecule has 0 radical (unpaired) electrons. The third-order valence-corrected chi connectivity index (χ3v) is 4.39. The zero-order valence-electron chi connectivity index (χ0n) is 14.4. The Morgan fingerprint density at radius 1 is 1.30 bits per heavy atom. The minimum Gasteiger partial charge on any atom is -0.790 e. The van der Waals surface area contributed by atoms with Crippen LogP contribution in [0, 0.1) is 28.9 Å². The van der Waals surface area contributed by atoms with E-state index >= 15 is 0 Å². The van der Waals surface area contributed by atoms with Crippen molar-refractivity contribution >= 4 is 11.6 Å². The molecule has 1 aliphatic rings. The smallest absolute Gasteiger partial charge is 0.161 e. The molecule has 132 valence electrons. The van der Waals surface area contributed by atoms with Crippen LogP contribution in [0.2, 0.25) is 0 Å². The largest absolute Gasteiger partial charge is 0.790 e. The topological polar surface area (TPSA) is 102 Å². The molecule has 0 unspecified atom stereocenters. The predicted molar refractivity (Wildman–Crippen MR) is 101 cm³/mol. The van der Waals surface area contributed by atoms with Crippen LogP contribution < -0.4 is 5.32 Å². The van der Waals surface area contributed by atoms with Crippen molar-refractivity contribution in [2.75, 3.05) is 5.32 Å². The van der Waals surface area contributed by atoms with E-state index in [1.54, 1.807) is 12.3 Å². The summed E-state index contributed by atoms with van der Waals surface area (Å²) in [5.41, 5.74) is 2.88. The van der Waals surface area contributed by atoms with Gasteiger partial charge in [0.1, 0.15) is 0 Å². The molecule has 1 saturated carbocycles. The predicted octanol–water partition coefficient (Wildman–Crippen LogP) is 3.35. The Labute approximate surface area is 156 Å². The number of anilines is 2. The van der Waals surface area contributed by atoms with E-state index in [4.69, 9.17) is 11.7 Å². The lowest BCUT2D eigenvalue weighted by Gasteiger charge is -2.09. The summed E-state index contributed by atoms with van der Waals surface area (Å²) >= 11 is 0. The third kappa shape index (κ3) is 3.44. The summed E-state index contributed by atoms with van der Waals surface area (Å²) in [7, 11) is 0. The highest BCUT2D eigenvalue weighted by Crippen LogP contribution is 2.40. The molecule has 0 amide bonds. The molecule has 0 atom stereocenters. The van der Waals surface area contributed by atoms with Crippen LogP contribution in [-0.4, -0.2) is 19.9 Å². The van der Waals surface area contributed by atoms with Gasteiger partial charge in [-0.15, -0.1) is 6.42 Å². The molecule has 1 N–H and O–H groups in total. The Bertz CT molecular complexity index is 1070. The van der Waals surface area contributed by atoms with Crippen molar-refractivity contribution in [3.8, 4) is 29.8 Å². The Balaban J connectivity index is 1.64. The summed E-state index contributed by atoms with van der Waals surface area (Å²) in [4.78, 5) is 9.47. The monoisotopic (exact) mass is 355 g/mol. The first-order valence-corrected chi connectivity index (χ1v) is 8.52. The van der Waals surface area contributed by atoms with E-state index in [1.165, 1.54) is 0 Å². The van der Waals surface area contributed by atoms with E-state index in [2.05, 4.69) is 32.4 Å². The van der Waals surface area contributed by atoms with Crippen molar-refractivity contribution in [3.63, 3.8) is 0 Å². The van der Waals surface area contributed by atoms with Gasteiger partial charge in [-0.05, 0) is 18.4 Å². The van der Waals surface area contributed by atoms with Gasteiger partial charge in [0.25, 0.3) is 0 Å². The minimum atomic E-state index is 0.297. The van der Waals surface area contributed by atoms with Crippen molar-refractivity contribution in [2.45, 2.75) is 25.2 Å². The Morgan fingerprint density at radius 2 is 2.07 bits per heavy atom. The Morgan fingerprint density at radius 3 is 2.74 bits per heavy atom. The lowest BCUT2D eigenvalue weighted by Crippen LogP contribution is -2.01. The minimum absolute atomic E-state index is 0.297. The van der Waals surface area contributed by atoms with E-state index in [-0.39, 0.29) is 0 Å². The standard InChI is InChI=1S/C20H15N6O/c1-2-14-12-22-19(16-5-3-13(4-6-16)9-10-21)24-20(14)23-18-11-17(15-7-8-15)26(27)25-18/h1,3-6,11-12,15H,7-9H2,(H,22,23,24,25)/q-1. The number of hydrogen-bond acceptors (Lipinski definition) is 6. The number of benzene rings is 1. The third-order valence-electron chi connectivity index (χ3n) is 4.39. The molecular weight excluding hydrogens is 340 g/mol. The fourth-order valence-electron chi connectivity index (χ4n) is 2.80. The summed E-state index contributed by atoms with van der Waals surface area (Å²) in [6, 6.07) is 11.3. The fraction of sp³-hybridized carbons (Fsp3) is 0.200. The second kappa shape index (κ2) is 6.81. The van der Waals surface area contributed by atoms with E-state index in [0.717, 1.165) is 24.0 Å². The molecule has 0 bridgehead atoms. The van der Waals surface area contributed by atoms with Crippen molar-refractivity contribution in [1.82, 2.24) is 19.9 Å². The summed E-state index contributed by atoms with van der Waals surface area (Å²) in [5.74, 6) is 4.16.